The fourth-order valence-corrected chi connectivity index (χ4v) is 5.66. The number of aromatic nitrogens is 3. The number of methoxy groups -OCH3 is 1. The summed E-state index contributed by atoms with van der Waals surface area (Å²) in [6.07, 6.45) is 0.997. The molecule has 0 spiro atoms. The maximum absolute atomic E-state index is 14.9. The molecule has 13 heteroatoms. The Bertz CT molecular complexity index is 1780. The molecule has 4 heterocycles. The summed E-state index contributed by atoms with van der Waals surface area (Å²) in [7, 11) is 1.35. The zero-order chi connectivity index (χ0) is 31.7. The fraction of sp³-hybridized carbons (Fsp3) is 0.375. The van der Waals surface area contributed by atoms with Gasteiger partial charge < -0.3 is 23.7 Å². The van der Waals surface area contributed by atoms with E-state index in [0.717, 1.165) is 35.4 Å². The van der Waals surface area contributed by atoms with Crippen LogP contribution in [-0.4, -0.2) is 71.4 Å². The van der Waals surface area contributed by atoms with Crippen molar-refractivity contribution in [1.29, 1.82) is 5.26 Å². The molecule has 2 saturated heterocycles. The third-order valence-electron chi connectivity index (χ3n) is 8.34. The van der Waals surface area contributed by atoms with Gasteiger partial charge in [0.05, 0.1) is 54.0 Å². The van der Waals surface area contributed by atoms with E-state index in [-0.39, 0.29) is 35.7 Å². The van der Waals surface area contributed by atoms with Gasteiger partial charge >= 0.3 is 5.97 Å². The number of ether oxygens (including phenoxy) is 3. The lowest BCUT2D eigenvalue weighted by molar-refractivity contribution is -0.0594. The third-order valence-corrected chi connectivity index (χ3v) is 8.34. The largest absolute Gasteiger partial charge is 0.471 e. The molecule has 4 aromatic rings. The Morgan fingerprint density at radius 3 is 2.51 bits per heavy atom. The topological polar surface area (TPSA) is 106 Å². The van der Waals surface area contributed by atoms with Crippen LogP contribution in [0.2, 0.25) is 0 Å². The van der Waals surface area contributed by atoms with E-state index < -0.39 is 29.3 Å². The Morgan fingerprint density at radius 1 is 1.07 bits per heavy atom. The molecule has 0 aliphatic carbocycles. The van der Waals surface area contributed by atoms with E-state index in [1.807, 2.05) is 12.1 Å². The van der Waals surface area contributed by atoms with Crippen LogP contribution < -0.4 is 9.64 Å². The van der Waals surface area contributed by atoms with E-state index in [1.54, 1.807) is 17.0 Å². The van der Waals surface area contributed by atoms with Gasteiger partial charge in [-0.3, -0.25) is 4.90 Å². The van der Waals surface area contributed by atoms with Crippen molar-refractivity contribution in [2.24, 2.45) is 0 Å². The number of nitrogens with zero attached hydrogens (tertiary/aromatic N) is 6. The number of nitriles is 1. The number of fused-ring (bicyclic) bond motifs is 1. The third kappa shape index (κ3) is 6.16. The summed E-state index contributed by atoms with van der Waals surface area (Å²) in [6, 6.07) is 11.6. The Balaban J connectivity index is 1.17. The average molecular weight is 621 g/mol. The molecule has 2 fully saturated rings. The minimum Gasteiger partial charge on any atom is -0.471 e. The van der Waals surface area contributed by atoms with Gasteiger partial charge in [0.25, 0.3) is 5.88 Å². The van der Waals surface area contributed by atoms with Gasteiger partial charge in [0.15, 0.2) is 17.5 Å². The summed E-state index contributed by atoms with van der Waals surface area (Å²) >= 11 is 0. The smallest absolute Gasteiger partial charge is 0.337 e. The van der Waals surface area contributed by atoms with Crippen molar-refractivity contribution in [3.05, 3.63) is 82.4 Å². The van der Waals surface area contributed by atoms with Crippen molar-refractivity contribution in [2.45, 2.75) is 38.6 Å². The van der Waals surface area contributed by atoms with Gasteiger partial charge in [-0.25, -0.2) is 22.9 Å². The number of esters is 1. The molecular weight excluding hydrogens is 589 g/mol. The molecule has 0 bridgehead atoms. The van der Waals surface area contributed by atoms with E-state index in [0.29, 0.717) is 44.9 Å². The summed E-state index contributed by atoms with van der Waals surface area (Å²) in [5.41, 5.74) is 2.27. The highest BCUT2D eigenvalue weighted by molar-refractivity contribution is 5.93. The van der Waals surface area contributed by atoms with Gasteiger partial charge in [-0.05, 0) is 43.7 Å². The number of hydrogen-bond acceptors (Lipinski definition) is 9. The number of anilines is 1. The molecule has 2 aliphatic heterocycles. The van der Waals surface area contributed by atoms with Crippen LogP contribution in [-0.2, 0) is 22.6 Å². The number of piperazine rings is 1. The minimum absolute atomic E-state index is 0.0521. The molecule has 2 aromatic carbocycles. The van der Waals surface area contributed by atoms with Crippen molar-refractivity contribution >= 4 is 22.8 Å². The number of carbonyl (C=O) groups is 1. The molecule has 10 nitrogen and oxygen atoms in total. The van der Waals surface area contributed by atoms with Crippen LogP contribution in [0.15, 0.2) is 42.5 Å². The minimum atomic E-state index is -0.998. The van der Waals surface area contributed by atoms with E-state index >= 15 is 0 Å². The van der Waals surface area contributed by atoms with E-state index in [2.05, 4.69) is 21.4 Å². The second-order valence-electron chi connectivity index (χ2n) is 11.0. The molecule has 2 aliphatic rings. The van der Waals surface area contributed by atoms with Gasteiger partial charge in [-0.1, -0.05) is 6.07 Å². The van der Waals surface area contributed by atoms with Crippen LogP contribution in [0.3, 0.4) is 0 Å². The molecule has 234 valence electrons. The van der Waals surface area contributed by atoms with E-state index in [9.17, 15) is 18.0 Å². The first kappa shape index (κ1) is 30.4. The molecule has 0 N–H and O–H groups in total. The lowest BCUT2D eigenvalue weighted by atomic mass is 10.1. The molecular formula is C32H31F3N6O4. The van der Waals surface area contributed by atoms with Gasteiger partial charge in [0.2, 0.25) is 0 Å². The second kappa shape index (κ2) is 12.7. The highest BCUT2D eigenvalue weighted by atomic mass is 19.1. The zero-order valence-electron chi connectivity index (χ0n) is 24.8. The SMILES string of the molecule is COC(=O)c1ccc2nc([C@H](C)N3CCN(c4nc(OCc5ccc(C#N)cc5F)c(F)cc4F)CC3)n(CC3CCO3)c2c1. The maximum atomic E-state index is 14.9. The molecule has 2 aromatic heterocycles. The van der Waals surface area contributed by atoms with Crippen LogP contribution in [0, 0.1) is 28.8 Å². The monoisotopic (exact) mass is 620 g/mol. The van der Waals surface area contributed by atoms with Gasteiger partial charge in [0, 0.05) is 44.4 Å². The fourth-order valence-electron chi connectivity index (χ4n) is 5.66. The van der Waals surface area contributed by atoms with Gasteiger partial charge in [-0.15, -0.1) is 0 Å². The number of halogens is 3. The Hall–Kier alpha value is -4.67. The standard InChI is InChI=1S/C32H31F3N6O4/c1-19(29-37-27-6-5-21(32(42)43-2)14-28(27)41(29)17-23-7-12-44-23)39-8-10-40(11-9-39)30-25(34)15-26(35)31(38-30)45-18-22-4-3-20(16-36)13-24(22)33/h3-6,13-15,19,23H,7-12,17-18H2,1-2H3/t19-,23?/m0/s1. The summed E-state index contributed by atoms with van der Waals surface area (Å²) in [4.78, 5) is 25.2. The first-order valence-corrected chi connectivity index (χ1v) is 14.6. The number of carbonyl (C=O) groups excluding carboxylic acids is 1. The average Bonchev–Trinajstić information content (AvgIpc) is 3.39. The maximum Gasteiger partial charge on any atom is 0.337 e. The molecule has 2 atom stereocenters. The quantitative estimate of drug-likeness (QED) is 0.245. The number of pyridine rings is 1. The highest BCUT2D eigenvalue weighted by Crippen LogP contribution is 2.31. The Morgan fingerprint density at radius 2 is 1.84 bits per heavy atom. The van der Waals surface area contributed by atoms with E-state index in [1.165, 1.54) is 19.2 Å². The van der Waals surface area contributed by atoms with Crippen molar-refractivity contribution in [1.82, 2.24) is 19.4 Å². The Kier molecular flexibility index (Phi) is 8.60. The van der Waals surface area contributed by atoms with Crippen LogP contribution >= 0.6 is 0 Å². The predicted molar refractivity (Wildman–Crippen MR) is 157 cm³/mol. The van der Waals surface area contributed by atoms with Crippen molar-refractivity contribution in [3.63, 3.8) is 0 Å². The lowest BCUT2D eigenvalue weighted by Gasteiger charge is -2.38. The van der Waals surface area contributed by atoms with Crippen molar-refractivity contribution in [3.8, 4) is 11.9 Å². The van der Waals surface area contributed by atoms with Crippen LogP contribution in [0.1, 0.15) is 46.7 Å². The Labute approximate surface area is 257 Å². The molecule has 0 amide bonds. The van der Waals surface area contributed by atoms with Crippen LogP contribution in [0.5, 0.6) is 5.88 Å². The molecule has 0 radical (unpaired) electrons. The summed E-state index contributed by atoms with van der Waals surface area (Å²) < 4.78 is 62.0. The summed E-state index contributed by atoms with van der Waals surface area (Å²) in [6.45, 7) is 4.92. The normalized spacial score (nSPS) is 17.5. The molecule has 6 rings (SSSR count). The zero-order valence-corrected chi connectivity index (χ0v) is 24.8. The van der Waals surface area contributed by atoms with Gasteiger partial charge in [0.1, 0.15) is 18.2 Å². The van der Waals surface area contributed by atoms with Crippen LogP contribution in [0.4, 0.5) is 19.0 Å². The lowest BCUT2D eigenvalue weighted by Crippen LogP contribution is -2.48. The number of imidazole rings is 1. The van der Waals surface area contributed by atoms with Crippen molar-refractivity contribution in [2.75, 3.05) is 44.8 Å². The second-order valence-corrected chi connectivity index (χ2v) is 11.0. The molecule has 0 saturated carbocycles. The van der Waals surface area contributed by atoms with Crippen LogP contribution in [0.25, 0.3) is 11.0 Å². The first-order valence-electron chi connectivity index (χ1n) is 14.6. The van der Waals surface area contributed by atoms with Crippen molar-refractivity contribution < 1.29 is 32.2 Å². The molecule has 45 heavy (non-hydrogen) atoms. The predicted octanol–water partition coefficient (Wildman–Crippen LogP) is 4.76. The summed E-state index contributed by atoms with van der Waals surface area (Å²) in [5, 5.41) is 8.93. The number of hydrogen-bond donors (Lipinski definition) is 0. The van der Waals surface area contributed by atoms with Gasteiger partial charge in [-0.2, -0.15) is 10.2 Å². The van der Waals surface area contributed by atoms with E-state index in [4.69, 9.17) is 24.5 Å². The highest BCUT2D eigenvalue weighted by Gasteiger charge is 2.30. The number of benzene rings is 2. The number of rotatable bonds is 9. The first-order chi connectivity index (χ1) is 21.7. The summed E-state index contributed by atoms with van der Waals surface area (Å²) in [5.74, 6) is -2.58. The molecule has 1 unspecified atom stereocenters.